The van der Waals surface area contributed by atoms with Gasteiger partial charge in [-0.1, -0.05) is 35.3 Å². The van der Waals surface area contributed by atoms with E-state index >= 15 is 0 Å². The van der Waals surface area contributed by atoms with Crippen molar-refractivity contribution in [2.45, 2.75) is 0 Å². The van der Waals surface area contributed by atoms with E-state index in [4.69, 9.17) is 27.9 Å². The number of nitro benzene ring substituents is 1. The van der Waals surface area contributed by atoms with Crippen LogP contribution < -0.4 is 5.32 Å². The predicted molar refractivity (Wildman–Crippen MR) is 145 cm³/mol. The zero-order valence-corrected chi connectivity index (χ0v) is 21.1. The van der Waals surface area contributed by atoms with Crippen molar-refractivity contribution in [1.29, 1.82) is 0 Å². The van der Waals surface area contributed by atoms with Crippen LogP contribution in [0.4, 0.5) is 11.4 Å². The number of aromatic nitrogens is 1. The molecule has 0 spiro atoms. The molecule has 1 aliphatic rings. The minimum absolute atomic E-state index is 0.0270. The van der Waals surface area contributed by atoms with E-state index < -0.39 is 4.92 Å². The lowest BCUT2D eigenvalue weighted by Crippen LogP contribution is -2.41. The predicted octanol–water partition coefficient (Wildman–Crippen LogP) is 6.05. The van der Waals surface area contributed by atoms with Gasteiger partial charge in [0, 0.05) is 46.9 Å². The van der Waals surface area contributed by atoms with Crippen molar-refractivity contribution in [1.82, 2.24) is 9.88 Å². The highest BCUT2D eigenvalue weighted by molar-refractivity contribution is 6.33. The SMILES string of the molecule is O=C(CN1CCOCC1)Nc1cc(-c2cccc([N+](=O)[O-])c2)cc(-c2cc3cc(Cl)ccc3nc2Cl)c1. The largest absolute Gasteiger partial charge is 0.379 e. The molecule has 2 heterocycles. The summed E-state index contributed by atoms with van der Waals surface area (Å²) in [6.07, 6.45) is 0. The van der Waals surface area contributed by atoms with Crippen LogP contribution in [0.15, 0.2) is 66.7 Å². The zero-order chi connectivity index (χ0) is 25.9. The van der Waals surface area contributed by atoms with Gasteiger partial charge in [-0.15, -0.1) is 0 Å². The van der Waals surface area contributed by atoms with Crippen LogP contribution in [0.5, 0.6) is 0 Å². The van der Waals surface area contributed by atoms with Crippen LogP contribution in [0.2, 0.25) is 10.2 Å². The minimum Gasteiger partial charge on any atom is -0.379 e. The van der Waals surface area contributed by atoms with Gasteiger partial charge in [0.1, 0.15) is 5.15 Å². The van der Waals surface area contributed by atoms with Crippen LogP contribution in [-0.2, 0) is 9.53 Å². The number of anilines is 1. The molecule has 8 nitrogen and oxygen atoms in total. The summed E-state index contributed by atoms with van der Waals surface area (Å²) < 4.78 is 5.36. The second kappa shape index (κ2) is 10.8. The van der Waals surface area contributed by atoms with Gasteiger partial charge in [-0.3, -0.25) is 19.8 Å². The number of nitrogens with one attached hydrogen (secondary N) is 1. The molecule has 4 aromatic rings. The number of non-ortho nitro benzene ring substituents is 1. The number of hydrogen-bond acceptors (Lipinski definition) is 6. The molecule has 1 saturated heterocycles. The monoisotopic (exact) mass is 536 g/mol. The van der Waals surface area contributed by atoms with Gasteiger partial charge in [0.15, 0.2) is 0 Å². The first kappa shape index (κ1) is 25.1. The molecule has 1 aliphatic heterocycles. The highest BCUT2D eigenvalue weighted by atomic mass is 35.5. The molecule has 1 amide bonds. The topological polar surface area (TPSA) is 97.6 Å². The van der Waals surface area contributed by atoms with Crippen LogP contribution in [0.1, 0.15) is 0 Å². The fourth-order valence-corrected chi connectivity index (χ4v) is 4.75. The molecule has 0 aliphatic carbocycles. The Hall–Kier alpha value is -3.56. The second-order valence-corrected chi connectivity index (χ2v) is 9.50. The lowest BCUT2D eigenvalue weighted by molar-refractivity contribution is -0.384. The van der Waals surface area contributed by atoms with Crippen LogP contribution in [0, 0.1) is 10.1 Å². The fraction of sp³-hybridized carbons (Fsp3) is 0.185. The molecule has 1 N–H and O–H groups in total. The van der Waals surface area contributed by atoms with E-state index in [9.17, 15) is 14.9 Å². The fourth-order valence-electron chi connectivity index (χ4n) is 4.31. The second-order valence-electron chi connectivity index (χ2n) is 8.71. The summed E-state index contributed by atoms with van der Waals surface area (Å²) in [5, 5.41) is 16.0. The summed E-state index contributed by atoms with van der Waals surface area (Å²) in [6, 6.07) is 19.1. The maximum Gasteiger partial charge on any atom is 0.270 e. The third-order valence-electron chi connectivity index (χ3n) is 6.12. The molecule has 10 heteroatoms. The van der Waals surface area contributed by atoms with Crippen LogP contribution in [-0.4, -0.2) is 53.6 Å². The molecule has 0 unspecified atom stereocenters. The Labute approximate surface area is 222 Å². The highest BCUT2D eigenvalue weighted by Crippen LogP contribution is 2.36. The molecule has 188 valence electrons. The van der Waals surface area contributed by atoms with Crippen molar-refractivity contribution in [2.75, 3.05) is 38.2 Å². The quantitative estimate of drug-likeness (QED) is 0.183. The van der Waals surface area contributed by atoms with Crippen molar-refractivity contribution in [3.05, 3.63) is 87.0 Å². The lowest BCUT2D eigenvalue weighted by atomic mass is 9.97. The molecule has 37 heavy (non-hydrogen) atoms. The summed E-state index contributed by atoms with van der Waals surface area (Å²) in [5.74, 6) is -0.168. The maximum absolute atomic E-state index is 12.9. The van der Waals surface area contributed by atoms with E-state index in [1.54, 1.807) is 36.4 Å². The summed E-state index contributed by atoms with van der Waals surface area (Å²) in [4.78, 5) is 30.3. The Morgan fingerprint density at radius 1 is 1.00 bits per heavy atom. The molecular formula is C27H22Cl2N4O4. The Morgan fingerprint density at radius 2 is 1.78 bits per heavy atom. The number of benzene rings is 3. The number of carbonyl (C=O) groups is 1. The Morgan fingerprint density at radius 3 is 2.57 bits per heavy atom. The zero-order valence-electron chi connectivity index (χ0n) is 19.6. The standard InChI is InChI=1S/C27H22Cl2N4O4/c28-21-4-5-25-20(11-21)15-24(27(29)31-25)19-10-18(17-2-1-3-23(14-17)33(35)36)12-22(13-19)30-26(34)16-32-6-8-37-9-7-32/h1-5,10-15H,6-9,16H2,(H,30,34). The first-order chi connectivity index (χ1) is 17.9. The summed E-state index contributed by atoms with van der Waals surface area (Å²) in [5.41, 5.74) is 3.88. The first-order valence-electron chi connectivity index (χ1n) is 11.6. The number of nitrogens with zero attached hydrogens (tertiary/aromatic N) is 3. The third kappa shape index (κ3) is 5.89. The molecule has 1 aromatic heterocycles. The van der Waals surface area contributed by atoms with Gasteiger partial charge in [0.05, 0.1) is 30.2 Å². The van der Waals surface area contributed by atoms with E-state index in [-0.39, 0.29) is 23.3 Å². The molecule has 0 radical (unpaired) electrons. The van der Waals surface area contributed by atoms with E-state index in [2.05, 4.69) is 10.3 Å². The molecule has 0 atom stereocenters. The van der Waals surface area contributed by atoms with E-state index in [0.29, 0.717) is 64.8 Å². The maximum atomic E-state index is 12.9. The van der Waals surface area contributed by atoms with Gasteiger partial charge in [-0.05, 0) is 59.2 Å². The third-order valence-corrected chi connectivity index (χ3v) is 6.64. The average Bonchev–Trinajstić information content (AvgIpc) is 2.89. The van der Waals surface area contributed by atoms with Gasteiger partial charge in [0.25, 0.3) is 5.69 Å². The van der Waals surface area contributed by atoms with Crippen LogP contribution in [0.25, 0.3) is 33.2 Å². The lowest BCUT2D eigenvalue weighted by Gasteiger charge is -2.25. The van der Waals surface area contributed by atoms with Gasteiger partial charge in [-0.2, -0.15) is 0 Å². The number of hydrogen-bond donors (Lipinski definition) is 1. The average molecular weight is 537 g/mol. The number of halogens is 2. The molecule has 3 aromatic carbocycles. The van der Waals surface area contributed by atoms with Crippen molar-refractivity contribution < 1.29 is 14.5 Å². The Balaban J connectivity index is 1.57. The number of fused-ring (bicyclic) bond motifs is 1. The van der Waals surface area contributed by atoms with E-state index in [1.165, 1.54) is 12.1 Å². The molecule has 1 fully saturated rings. The van der Waals surface area contributed by atoms with Crippen molar-refractivity contribution in [2.24, 2.45) is 0 Å². The van der Waals surface area contributed by atoms with E-state index in [0.717, 1.165) is 5.39 Å². The van der Waals surface area contributed by atoms with Gasteiger partial charge in [0.2, 0.25) is 5.91 Å². The summed E-state index contributed by atoms with van der Waals surface area (Å²) in [6.45, 7) is 2.80. The molecular weight excluding hydrogens is 515 g/mol. The number of ether oxygens (including phenoxy) is 1. The van der Waals surface area contributed by atoms with Crippen LogP contribution >= 0.6 is 23.2 Å². The Kier molecular flexibility index (Phi) is 7.34. The van der Waals surface area contributed by atoms with Crippen molar-refractivity contribution >= 4 is 51.4 Å². The molecule has 0 bridgehead atoms. The van der Waals surface area contributed by atoms with Gasteiger partial charge >= 0.3 is 0 Å². The molecule has 5 rings (SSSR count). The summed E-state index contributed by atoms with van der Waals surface area (Å²) in [7, 11) is 0. The van der Waals surface area contributed by atoms with Crippen molar-refractivity contribution in [3.63, 3.8) is 0 Å². The normalized spacial score (nSPS) is 14.0. The molecule has 0 saturated carbocycles. The summed E-state index contributed by atoms with van der Waals surface area (Å²) >= 11 is 12.8. The number of morpholine rings is 1. The number of carbonyl (C=O) groups excluding carboxylic acids is 1. The first-order valence-corrected chi connectivity index (χ1v) is 12.4. The van der Waals surface area contributed by atoms with Crippen LogP contribution in [0.3, 0.4) is 0 Å². The number of amides is 1. The number of nitro groups is 1. The highest BCUT2D eigenvalue weighted by Gasteiger charge is 2.17. The van der Waals surface area contributed by atoms with Gasteiger partial charge in [-0.25, -0.2) is 4.98 Å². The Bertz CT molecular complexity index is 1510. The smallest absolute Gasteiger partial charge is 0.270 e. The van der Waals surface area contributed by atoms with E-state index in [1.807, 2.05) is 23.1 Å². The van der Waals surface area contributed by atoms with Crippen molar-refractivity contribution in [3.8, 4) is 22.3 Å². The van der Waals surface area contributed by atoms with Gasteiger partial charge < -0.3 is 10.1 Å². The number of rotatable bonds is 6. The minimum atomic E-state index is -0.438. The number of pyridine rings is 1.